The van der Waals surface area contributed by atoms with Crippen molar-refractivity contribution in [2.45, 2.75) is 39.3 Å². The minimum atomic E-state index is -0.312. The van der Waals surface area contributed by atoms with E-state index in [0.29, 0.717) is 26.2 Å². The van der Waals surface area contributed by atoms with Crippen LogP contribution >= 0.6 is 0 Å². The molecule has 2 atom stereocenters. The average Bonchev–Trinajstić information content (AvgIpc) is 2.62. The number of piperidine rings is 1. The van der Waals surface area contributed by atoms with Crippen molar-refractivity contribution in [1.29, 1.82) is 0 Å². The van der Waals surface area contributed by atoms with Crippen LogP contribution in [0.2, 0.25) is 0 Å². The molecule has 1 aromatic carbocycles. The Bertz CT molecular complexity index is 588. The predicted octanol–water partition coefficient (Wildman–Crippen LogP) is 1.63. The van der Waals surface area contributed by atoms with Crippen LogP contribution in [0.3, 0.4) is 0 Å². The number of ether oxygens (including phenoxy) is 1. The first-order valence-corrected chi connectivity index (χ1v) is 8.92. The monoisotopic (exact) mass is 347 g/mol. The summed E-state index contributed by atoms with van der Waals surface area (Å²) in [5.74, 6) is 0.373. The van der Waals surface area contributed by atoms with Gasteiger partial charge in [-0.1, -0.05) is 12.1 Å². The van der Waals surface area contributed by atoms with Crippen LogP contribution < -0.4 is 10.5 Å². The van der Waals surface area contributed by atoms with E-state index in [9.17, 15) is 9.59 Å². The minimum absolute atomic E-state index is 0.0550. The maximum atomic E-state index is 12.7. The number of nitrogens with two attached hydrogens (primary N) is 1. The van der Waals surface area contributed by atoms with Gasteiger partial charge in [0.2, 0.25) is 11.8 Å². The van der Waals surface area contributed by atoms with Gasteiger partial charge in [0.25, 0.3) is 0 Å². The molecule has 1 fully saturated rings. The lowest BCUT2D eigenvalue weighted by Gasteiger charge is -2.35. The zero-order valence-electron chi connectivity index (χ0n) is 15.4. The SMILES string of the molecule is CCOc1ccc(CN(C)C(C)C(=O)N2CCCC(C(N)=O)C2)cc1. The van der Waals surface area contributed by atoms with Gasteiger partial charge in [-0.25, -0.2) is 0 Å². The first-order valence-electron chi connectivity index (χ1n) is 8.92. The van der Waals surface area contributed by atoms with Crippen LogP contribution in [-0.2, 0) is 16.1 Å². The highest BCUT2D eigenvalue weighted by molar-refractivity contribution is 5.83. The number of amides is 2. The number of hydrogen-bond donors (Lipinski definition) is 1. The molecule has 0 aromatic heterocycles. The number of likely N-dealkylation sites (tertiary alicyclic amines) is 1. The van der Waals surface area contributed by atoms with Gasteiger partial charge in [0.15, 0.2) is 0 Å². The van der Waals surface area contributed by atoms with Gasteiger partial charge in [-0.15, -0.1) is 0 Å². The Kier molecular flexibility index (Phi) is 6.82. The minimum Gasteiger partial charge on any atom is -0.494 e. The molecule has 0 bridgehead atoms. The van der Waals surface area contributed by atoms with E-state index < -0.39 is 0 Å². The van der Waals surface area contributed by atoms with Crippen LogP contribution in [0.5, 0.6) is 5.75 Å². The number of hydrogen-bond acceptors (Lipinski definition) is 4. The second kappa shape index (κ2) is 8.85. The average molecular weight is 347 g/mol. The molecule has 1 aromatic rings. The summed E-state index contributed by atoms with van der Waals surface area (Å²) < 4.78 is 5.45. The fourth-order valence-corrected chi connectivity index (χ4v) is 3.14. The van der Waals surface area contributed by atoms with Gasteiger partial charge in [0.1, 0.15) is 5.75 Å². The normalized spacial score (nSPS) is 18.9. The molecule has 6 nitrogen and oxygen atoms in total. The van der Waals surface area contributed by atoms with Gasteiger partial charge in [0.05, 0.1) is 18.6 Å². The molecule has 25 heavy (non-hydrogen) atoms. The maximum Gasteiger partial charge on any atom is 0.239 e. The molecule has 2 unspecified atom stereocenters. The number of benzene rings is 1. The van der Waals surface area contributed by atoms with Crippen LogP contribution in [0.25, 0.3) is 0 Å². The zero-order valence-corrected chi connectivity index (χ0v) is 15.4. The van der Waals surface area contributed by atoms with E-state index in [0.717, 1.165) is 24.2 Å². The first kappa shape index (κ1) is 19.2. The fraction of sp³-hybridized carbons (Fsp3) is 0.579. The van der Waals surface area contributed by atoms with Gasteiger partial charge in [-0.3, -0.25) is 14.5 Å². The molecule has 2 N–H and O–H groups in total. The Morgan fingerprint density at radius 1 is 1.36 bits per heavy atom. The van der Waals surface area contributed by atoms with Crippen molar-refractivity contribution in [2.24, 2.45) is 11.7 Å². The molecule has 1 heterocycles. The molecule has 0 aliphatic carbocycles. The summed E-state index contributed by atoms with van der Waals surface area (Å²) in [6.07, 6.45) is 1.60. The number of carbonyl (C=O) groups excluding carboxylic acids is 2. The standard InChI is InChI=1S/C19H29N3O3/c1-4-25-17-9-7-15(8-10-17)12-21(3)14(2)19(24)22-11-5-6-16(13-22)18(20)23/h7-10,14,16H,4-6,11-13H2,1-3H3,(H2,20,23). The largest absolute Gasteiger partial charge is 0.494 e. The molecule has 2 amide bonds. The summed E-state index contributed by atoms with van der Waals surface area (Å²) in [5.41, 5.74) is 6.53. The highest BCUT2D eigenvalue weighted by atomic mass is 16.5. The molecule has 138 valence electrons. The van der Waals surface area contributed by atoms with Crippen LogP contribution in [0, 0.1) is 5.92 Å². The summed E-state index contributed by atoms with van der Waals surface area (Å²) in [6, 6.07) is 7.67. The smallest absolute Gasteiger partial charge is 0.239 e. The Labute approximate surface area is 149 Å². The van der Waals surface area contributed by atoms with Crippen molar-refractivity contribution in [3.63, 3.8) is 0 Å². The third-order valence-corrected chi connectivity index (χ3v) is 4.82. The van der Waals surface area contributed by atoms with Gasteiger partial charge in [-0.05, 0) is 51.4 Å². The molecular weight excluding hydrogens is 318 g/mol. The number of carbonyl (C=O) groups is 2. The van der Waals surface area contributed by atoms with Crippen LogP contribution in [0.1, 0.15) is 32.3 Å². The molecule has 0 saturated carbocycles. The second-order valence-corrected chi connectivity index (χ2v) is 6.69. The Morgan fingerprint density at radius 2 is 2.04 bits per heavy atom. The van der Waals surface area contributed by atoms with Gasteiger partial charge >= 0.3 is 0 Å². The lowest BCUT2D eigenvalue weighted by molar-refractivity contribution is -0.139. The van der Waals surface area contributed by atoms with E-state index >= 15 is 0 Å². The van der Waals surface area contributed by atoms with Crippen molar-refractivity contribution >= 4 is 11.8 Å². The molecule has 0 radical (unpaired) electrons. The quantitative estimate of drug-likeness (QED) is 0.813. The van der Waals surface area contributed by atoms with E-state index in [1.165, 1.54) is 0 Å². The molecule has 1 aliphatic heterocycles. The van der Waals surface area contributed by atoms with Crippen molar-refractivity contribution in [1.82, 2.24) is 9.80 Å². The number of nitrogens with zero attached hydrogens (tertiary/aromatic N) is 2. The maximum absolute atomic E-state index is 12.7. The molecule has 1 saturated heterocycles. The summed E-state index contributed by atoms with van der Waals surface area (Å²) in [4.78, 5) is 28.0. The van der Waals surface area contributed by atoms with Gasteiger partial charge in [0, 0.05) is 19.6 Å². The highest BCUT2D eigenvalue weighted by Gasteiger charge is 2.30. The third kappa shape index (κ3) is 5.19. The van der Waals surface area contributed by atoms with Crippen molar-refractivity contribution in [2.75, 3.05) is 26.7 Å². The third-order valence-electron chi connectivity index (χ3n) is 4.82. The molecular formula is C19H29N3O3. The topological polar surface area (TPSA) is 75.9 Å². The first-order chi connectivity index (χ1) is 11.9. The van der Waals surface area contributed by atoms with E-state index in [1.807, 2.05) is 50.1 Å². The van der Waals surface area contributed by atoms with Crippen LogP contribution in [-0.4, -0.2) is 54.4 Å². The zero-order chi connectivity index (χ0) is 18.4. The Morgan fingerprint density at radius 3 is 2.64 bits per heavy atom. The van der Waals surface area contributed by atoms with Crippen molar-refractivity contribution in [3.05, 3.63) is 29.8 Å². The lowest BCUT2D eigenvalue weighted by atomic mass is 9.97. The lowest BCUT2D eigenvalue weighted by Crippen LogP contribution is -2.50. The molecule has 0 spiro atoms. The molecule has 6 heteroatoms. The summed E-state index contributed by atoms with van der Waals surface area (Å²) in [5, 5.41) is 0. The summed E-state index contributed by atoms with van der Waals surface area (Å²) >= 11 is 0. The van der Waals surface area contributed by atoms with Crippen LogP contribution in [0.4, 0.5) is 0 Å². The van der Waals surface area contributed by atoms with E-state index in [1.54, 1.807) is 4.90 Å². The fourth-order valence-electron chi connectivity index (χ4n) is 3.14. The van der Waals surface area contributed by atoms with E-state index in [-0.39, 0.29) is 23.8 Å². The summed E-state index contributed by atoms with van der Waals surface area (Å²) in [6.45, 7) is 6.32. The number of rotatable bonds is 7. The number of likely N-dealkylation sites (N-methyl/N-ethyl adjacent to an activating group) is 1. The van der Waals surface area contributed by atoms with Gasteiger partial charge < -0.3 is 15.4 Å². The van der Waals surface area contributed by atoms with E-state index in [4.69, 9.17) is 10.5 Å². The van der Waals surface area contributed by atoms with E-state index in [2.05, 4.69) is 0 Å². The van der Waals surface area contributed by atoms with Crippen molar-refractivity contribution in [3.8, 4) is 5.75 Å². The molecule has 2 rings (SSSR count). The Hall–Kier alpha value is -2.08. The second-order valence-electron chi connectivity index (χ2n) is 6.69. The Balaban J connectivity index is 1.92. The number of primary amides is 1. The highest BCUT2D eigenvalue weighted by Crippen LogP contribution is 2.19. The van der Waals surface area contributed by atoms with Crippen LogP contribution in [0.15, 0.2) is 24.3 Å². The molecule has 1 aliphatic rings. The predicted molar refractivity (Wildman–Crippen MR) is 97.0 cm³/mol. The van der Waals surface area contributed by atoms with Gasteiger partial charge in [-0.2, -0.15) is 0 Å². The van der Waals surface area contributed by atoms with Crippen molar-refractivity contribution < 1.29 is 14.3 Å². The summed E-state index contributed by atoms with van der Waals surface area (Å²) in [7, 11) is 1.94.